The minimum Gasteiger partial charge on any atom is -0.328 e. The summed E-state index contributed by atoms with van der Waals surface area (Å²) in [5.41, 5.74) is 2.18. The summed E-state index contributed by atoms with van der Waals surface area (Å²) < 4.78 is 0. The molecule has 2 aliphatic heterocycles. The van der Waals surface area contributed by atoms with Crippen molar-refractivity contribution >= 4 is 28.9 Å². The van der Waals surface area contributed by atoms with Gasteiger partial charge in [0.15, 0.2) is 5.82 Å². The Hall–Kier alpha value is -2.57. The summed E-state index contributed by atoms with van der Waals surface area (Å²) in [6.45, 7) is 0.700. The first kappa shape index (κ1) is 14.7. The molecule has 0 bridgehead atoms. The molecular formula is C18H18ClN6+. The summed E-state index contributed by atoms with van der Waals surface area (Å²) in [5, 5.41) is 11.7. The minimum atomic E-state index is 0.652. The van der Waals surface area contributed by atoms with Gasteiger partial charge in [0.2, 0.25) is 11.7 Å². The van der Waals surface area contributed by atoms with E-state index in [0.717, 1.165) is 33.1 Å². The van der Waals surface area contributed by atoms with Crippen molar-refractivity contribution in [1.82, 2.24) is 10.2 Å². The maximum atomic E-state index is 6.38. The monoisotopic (exact) mass is 353 g/mol. The number of hydrogen-bond acceptors (Lipinski definition) is 4. The number of H-pyrrole nitrogens is 1. The second kappa shape index (κ2) is 5.75. The van der Waals surface area contributed by atoms with Gasteiger partial charge in [-0.3, -0.25) is 10.4 Å². The van der Waals surface area contributed by atoms with Gasteiger partial charge < -0.3 is 4.90 Å². The Morgan fingerprint density at radius 3 is 3.00 bits per heavy atom. The van der Waals surface area contributed by atoms with Crippen molar-refractivity contribution in [3.63, 3.8) is 0 Å². The molecule has 1 aromatic carbocycles. The molecule has 2 aromatic rings. The van der Waals surface area contributed by atoms with Crippen LogP contribution < -0.4 is 15.1 Å². The minimum absolute atomic E-state index is 0.652. The zero-order valence-corrected chi connectivity index (χ0v) is 14.3. The van der Waals surface area contributed by atoms with Gasteiger partial charge in [0, 0.05) is 17.7 Å². The summed E-state index contributed by atoms with van der Waals surface area (Å²) in [6.07, 6.45) is 8.46. The summed E-state index contributed by atoms with van der Waals surface area (Å²) in [7, 11) is 0. The van der Waals surface area contributed by atoms with Crippen LogP contribution in [0.25, 0.3) is 0 Å². The van der Waals surface area contributed by atoms with Crippen LogP contribution in [0.15, 0.2) is 59.7 Å². The maximum absolute atomic E-state index is 6.38. The number of nitrogens with zero attached hydrogens (tertiary/aromatic N) is 3. The Bertz CT molecular complexity index is 908. The number of amidine groups is 1. The molecule has 3 aliphatic rings. The highest BCUT2D eigenvalue weighted by Gasteiger charge is 2.33. The zero-order valence-electron chi connectivity index (χ0n) is 13.5. The molecule has 25 heavy (non-hydrogen) atoms. The van der Waals surface area contributed by atoms with E-state index in [1.54, 1.807) is 0 Å². The van der Waals surface area contributed by atoms with E-state index in [9.17, 15) is 0 Å². The molecule has 126 valence electrons. The number of benzene rings is 1. The number of hydrogen-bond donors (Lipinski definition) is 3. The average Bonchev–Trinajstić information content (AvgIpc) is 3.17. The fraction of sp³-hybridized carbons (Fsp3) is 0.222. The van der Waals surface area contributed by atoms with Crippen LogP contribution in [-0.2, 0) is 0 Å². The molecule has 3 N–H and O–H groups in total. The number of aliphatic imine (C=N–C) groups is 1. The Balaban J connectivity index is 1.47. The van der Waals surface area contributed by atoms with Gasteiger partial charge in [0.25, 0.3) is 0 Å². The molecular weight excluding hydrogens is 336 g/mol. The highest BCUT2D eigenvalue weighted by Crippen LogP contribution is 2.39. The van der Waals surface area contributed by atoms with Crippen molar-refractivity contribution in [2.45, 2.75) is 18.8 Å². The molecule has 1 saturated carbocycles. The predicted molar refractivity (Wildman–Crippen MR) is 98.6 cm³/mol. The normalized spacial score (nSPS) is 21.8. The largest absolute Gasteiger partial charge is 0.328 e. The predicted octanol–water partition coefficient (Wildman–Crippen LogP) is 2.44. The average molecular weight is 354 g/mol. The number of aromatic amines is 1. The molecule has 5 rings (SSSR count). The summed E-state index contributed by atoms with van der Waals surface area (Å²) in [5.74, 6) is 3.50. The van der Waals surface area contributed by atoms with Gasteiger partial charge in [0.1, 0.15) is 12.7 Å². The smallest absolute Gasteiger partial charge is 0.232 e. The third-order valence-electron chi connectivity index (χ3n) is 4.72. The summed E-state index contributed by atoms with van der Waals surface area (Å²) >= 11 is 6.38. The summed E-state index contributed by atoms with van der Waals surface area (Å²) in [4.78, 5) is 7.73. The lowest BCUT2D eigenvalue weighted by atomic mass is 10.2. The van der Waals surface area contributed by atoms with Crippen LogP contribution in [0.4, 0.5) is 11.5 Å². The first-order valence-corrected chi connectivity index (χ1v) is 8.82. The van der Waals surface area contributed by atoms with Crippen LogP contribution in [0, 0.1) is 0 Å². The first-order chi connectivity index (χ1) is 12.3. The number of quaternary nitrogens is 1. The van der Waals surface area contributed by atoms with Gasteiger partial charge in [-0.25, -0.2) is 9.89 Å². The molecule has 1 atom stereocenters. The number of aromatic nitrogens is 2. The number of para-hydroxylation sites is 1. The molecule has 0 radical (unpaired) electrons. The van der Waals surface area contributed by atoms with Crippen LogP contribution >= 0.6 is 11.6 Å². The Kier molecular flexibility index (Phi) is 3.39. The van der Waals surface area contributed by atoms with Gasteiger partial charge in [-0.1, -0.05) is 23.7 Å². The molecule has 7 heteroatoms. The fourth-order valence-electron chi connectivity index (χ4n) is 3.25. The van der Waals surface area contributed by atoms with Crippen molar-refractivity contribution in [3.8, 4) is 0 Å². The molecule has 3 heterocycles. The number of anilines is 2. The molecule has 1 unspecified atom stereocenters. The molecule has 0 saturated heterocycles. The highest BCUT2D eigenvalue weighted by atomic mass is 35.5. The van der Waals surface area contributed by atoms with Crippen molar-refractivity contribution in [2.75, 3.05) is 16.8 Å². The van der Waals surface area contributed by atoms with Crippen molar-refractivity contribution in [1.29, 1.82) is 0 Å². The number of nitrogens with one attached hydrogen (secondary N) is 3. The Morgan fingerprint density at radius 2 is 2.16 bits per heavy atom. The van der Waals surface area contributed by atoms with Crippen LogP contribution in [-0.4, -0.2) is 22.6 Å². The van der Waals surface area contributed by atoms with E-state index >= 15 is 0 Å². The Morgan fingerprint density at radius 1 is 1.28 bits per heavy atom. The van der Waals surface area contributed by atoms with Crippen LogP contribution in [0.2, 0.25) is 5.02 Å². The molecule has 0 amide bonds. The van der Waals surface area contributed by atoms with Gasteiger partial charge in [-0.2, -0.15) is 5.10 Å². The number of fused-ring (bicyclic) bond motifs is 1. The van der Waals surface area contributed by atoms with Crippen molar-refractivity contribution < 1.29 is 4.90 Å². The van der Waals surface area contributed by atoms with Crippen LogP contribution in [0.3, 0.4) is 0 Å². The van der Waals surface area contributed by atoms with E-state index in [-0.39, 0.29) is 0 Å². The number of rotatable bonds is 4. The quantitative estimate of drug-likeness (QED) is 0.791. The second-order valence-electron chi connectivity index (χ2n) is 6.54. The first-order valence-electron chi connectivity index (χ1n) is 8.44. The van der Waals surface area contributed by atoms with Crippen LogP contribution in [0.5, 0.6) is 0 Å². The SMILES string of the molecule is Clc1ccccc1N1C=C(Nc2cc(C3CC3)[nH]n2)[NH+]2C=CN=C2C1. The lowest BCUT2D eigenvalue weighted by Crippen LogP contribution is -3.10. The Labute approximate surface area is 150 Å². The van der Waals surface area contributed by atoms with Gasteiger partial charge in [-0.15, -0.1) is 0 Å². The van der Waals surface area contributed by atoms with E-state index in [1.807, 2.05) is 36.7 Å². The number of halogens is 1. The maximum Gasteiger partial charge on any atom is 0.232 e. The standard InChI is InChI=1S/C18H17ClN6/c19-13-3-1-2-4-15(13)24-10-17-20-7-8-25(17)18(11-24)21-16-9-14(22-23-16)12-5-6-12/h1-4,7-9,11-12H,5-6,10H2,(H2,21,22,23)/p+1. The van der Waals surface area contributed by atoms with Crippen molar-refractivity contribution in [2.24, 2.45) is 4.99 Å². The third kappa shape index (κ3) is 2.73. The molecule has 1 aliphatic carbocycles. The lowest BCUT2D eigenvalue weighted by Gasteiger charge is -2.29. The van der Waals surface area contributed by atoms with E-state index in [2.05, 4.69) is 37.7 Å². The van der Waals surface area contributed by atoms with E-state index in [1.165, 1.54) is 18.5 Å². The second-order valence-corrected chi connectivity index (χ2v) is 6.94. The molecule has 6 nitrogen and oxygen atoms in total. The summed E-state index contributed by atoms with van der Waals surface area (Å²) in [6, 6.07) is 9.95. The van der Waals surface area contributed by atoms with Crippen LogP contribution in [0.1, 0.15) is 24.5 Å². The molecule has 1 aromatic heterocycles. The van der Waals surface area contributed by atoms with E-state index in [4.69, 9.17) is 11.6 Å². The molecule has 1 fully saturated rings. The van der Waals surface area contributed by atoms with Gasteiger partial charge in [-0.05, 0) is 25.0 Å². The van der Waals surface area contributed by atoms with E-state index in [0.29, 0.717) is 12.5 Å². The van der Waals surface area contributed by atoms with Crippen molar-refractivity contribution in [3.05, 3.63) is 65.5 Å². The zero-order chi connectivity index (χ0) is 16.8. The van der Waals surface area contributed by atoms with Gasteiger partial charge in [0.05, 0.1) is 23.1 Å². The van der Waals surface area contributed by atoms with E-state index < -0.39 is 0 Å². The highest BCUT2D eigenvalue weighted by molar-refractivity contribution is 6.33. The van der Waals surface area contributed by atoms with Gasteiger partial charge >= 0.3 is 0 Å². The third-order valence-corrected chi connectivity index (χ3v) is 5.04. The molecule has 0 spiro atoms. The lowest BCUT2D eigenvalue weighted by molar-refractivity contribution is -0.698. The topological polar surface area (TPSA) is 60.8 Å². The fourth-order valence-corrected chi connectivity index (χ4v) is 3.50.